The van der Waals surface area contributed by atoms with E-state index < -0.39 is 188 Å². The molecular weight excluding hydrogens is 691 g/mol. The van der Waals surface area contributed by atoms with Gasteiger partial charge in [0.1, 0.15) is 0 Å². The molecule has 0 saturated heterocycles. The van der Waals surface area contributed by atoms with Crippen molar-refractivity contribution in [2.24, 2.45) is 0 Å². The van der Waals surface area contributed by atoms with E-state index in [1.54, 1.807) is 12.1 Å². The van der Waals surface area contributed by atoms with Gasteiger partial charge in [0.05, 0.1) is 74.6 Å². The molecule has 0 N–H and O–H groups in total. The van der Waals surface area contributed by atoms with Crippen molar-refractivity contribution in [1.82, 2.24) is 13.7 Å². The van der Waals surface area contributed by atoms with Gasteiger partial charge in [-0.2, -0.15) is 0 Å². The monoisotopic (exact) mass is 747 g/mol. The minimum Gasteiger partial charge on any atom is -0.307 e. The van der Waals surface area contributed by atoms with Gasteiger partial charge in [0, 0.05) is 38.0 Å². The van der Waals surface area contributed by atoms with Crippen LogP contribution in [0, 0.1) is 0 Å². The zero-order valence-corrected chi connectivity index (χ0v) is 29.3. The third kappa shape index (κ3) is 4.73. The van der Waals surface area contributed by atoms with Gasteiger partial charge in [-0.3, -0.25) is 0 Å². The van der Waals surface area contributed by atoms with Crippen LogP contribution in [0.5, 0.6) is 0 Å². The molecule has 57 heavy (non-hydrogen) atoms. The predicted octanol–water partition coefficient (Wildman–Crippen LogP) is 14.3. The second kappa shape index (κ2) is 12.5. The highest BCUT2D eigenvalue weighted by Gasteiger charge is 2.23. The molecule has 0 aliphatic carbocycles. The summed E-state index contributed by atoms with van der Waals surface area (Å²) in [7, 11) is 0. The highest BCUT2D eigenvalue weighted by Crippen LogP contribution is 2.43. The molecule has 3 aromatic heterocycles. The Labute approximate surface area is 360 Å². The summed E-state index contributed by atoms with van der Waals surface area (Å²) in [5, 5.41) is -2.51. The first-order valence-electron chi connectivity index (χ1n) is 28.8. The van der Waals surface area contributed by atoms with Gasteiger partial charge in [-0.15, -0.1) is 0 Å². The molecule has 0 saturated carbocycles. The van der Waals surface area contributed by atoms with E-state index in [2.05, 4.69) is 0 Å². The van der Waals surface area contributed by atoms with Crippen LogP contribution in [0.15, 0.2) is 212 Å². The largest absolute Gasteiger partial charge is 0.307 e. The fourth-order valence-electron chi connectivity index (χ4n) is 7.89. The van der Waals surface area contributed by atoms with Crippen LogP contribution < -0.4 is 0 Å². The van der Waals surface area contributed by atoms with Gasteiger partial charge in [-0.05, 0) is 76.7 Å². The van der Waals surface area contributed by atoms with Gasteiger partial charge in [-0.1, -0.05) is 157 Å². The quantitative estimate of drug-likeness (QED) is 0.167. The standard InChI is InChI=1S/C54H35N3/c1-3-17-36(18-4-1)38-33-39(37-19-5-2-6-20-37)35-40(34-38)55-47-27-11-9-23-43(47)45-25-16-32-52(53(45)55)57-50-30-14-10-24-44(50)46-26-15-31-51(54(46)57)56-48-28-12-7-21-41(48)42-22-8-13-29-49(42)56/h1-35H/i7D,8D,9D,10D,11D,12D,13D,14D,15D,16D,21D,22D,23D,24D,25D,26D,27D,28D,29D,30D,31D,32D. The van der Waals surface area contributed by atoms with E-state index in [0.29, 0.717) is 22.3 Å². The van der Waals surface area contributed by atoms with Gasteiger partial charge < -0.3 is 13.7 Å². The number of benzene rings is 9. The van der Waals surface area contributed by atoms with Gasteiger partial charge in [0.15, 0.2) is 0 Å². The van der Waals surface area contributed by atoms with Crippen molar-refractivity contribution >= 4 is 65.4 Å². The maximum absolute atomic E-state index is 10.1. The zero-order valence-electron chi connectivity index (χ0n) is 51.3. The Morgan fingerprint density at radius 3 is 1.16 bits per heavy atom. The highest BCUT2D eigenvalue weighted by molar-refractivity contribution is 6.17. The average molecular weight is 748 g/mol. The van der Waals surface area contributed by atoms with Crippen LogP contribution in [0.1, 0.15) is 30.2 Å². The van der Waals surface area contributed by atoms with Gasteiger partial charge in [0.25, 0.3) is 0 Å². The van der Waals surface area contributed by atoms with Crippen molar-refractivity contribution in [2.45, 2.75) is 0 Å². The predicted molar refractivity (Wildman–Crippen MR) is 240 cm³/mol. The Morgan fingerprint density at radius 1 is 0.298 bits per heavy atom. The van der Waals surface area contributed by atoms with E-state index in [0.717, 1.165) is 9.13 Å². The Balaban J connectivity index is 1.44. The molecule has 3 nitrogen and oxygen atoms in total. The molecule has 0 amide bonds. The van der Waals surface area contributed by atoms with Crippen molar-refractivity contribution < 1.29 is 30.2 Å². The molecule has 0 atom stereocenters. The molecule has 0 bridgehead atoms. The molecule has 3 heteroatoms. The third-order valence-corrected chi connectivity index (χ3v) is 10.3. The molecule has 12 rings (SSSR count). The van der Waals surface area contributed by atoms with Crippen LogP contribution in [0.2, 0.25) is 0 Å². The van der Waals surface area contributed by atoms with Crippen molar-refractivity contribution in [1.29, 1.82) is 0 Å². The summed E-state index contributed by atoms with van der Waals surface area (Å²) in [6.07, 6.45) is 0. The summed E-state index contributed by atoms with van der Waals surface area (Å²) in [5.41, 5.74) is -1.25. The first-order valence-corrected chi connectivity index (χ1v) is 17.8. The Morgan fingerprint density at radius 2 is 0.667 bits per heavy atom. The molecule has 0 unspecified atom stereocenters. The van der Waals surface area contributed by atoms with Crippen LogP contribution in [-0.2, 0) is 0 Å². The van der Waals surface area contributed by atoms with E-state index in [1.165, 1.54) is 4.57 Å². The number of hydrogen-bond acceptors (Lipinski definition) is 0. The Hall–Kier alpha value is -7.62. The second-order valence-electron chi connectivity index (χ2n) is 13.3. The van der Waals surface area contributed by atoms with Crippen molar-refractivity contribution in [3.05, 3.63) is 212 Å². The summed E-state index contributed by atoms with van der Waals surface area (Å²) in [6, 6.07) is 5.99. The molecule has 0 aliphatic rings. The molecule has 12 aromatic rings. The third-order valence-electron chi connectivity index (χ3n) is 10.3. The summed E-state index contributed by atoms with van der Waals surface area (Å²) in [6.45, 7) is 0. The summed E-state index contributed by atoms with van der Waals surface area (Å²) < 4.78 is 208. The van der Waals surface area contributed by atoms with E-state index in [9.17, 15) is 19.2 Å². The van der Waals surface area contributed by atoms with Crippen molar-refractivity contribution in [3.8, 4) is 39.3 Å². The lowest BCUT2D eigenvalue weighted by molar-refractivity contribution is 1.11. The first kappa shape index (κ1) is 17.0. The van der Waals surface area contributed by atoms with Crippen LogP contribution >= 0.6 is 0 Å². The van der Waals surface area contributed by atoms with Gasteiger partial charge in [-0.25, -0.2) is 0 Å². The summed E-state index contributed by atoms with van der Waals surface area (Å²) >= 11 is 0. The highest BCUT2D eigenvalue weighted by atomic mass is 15.1. The minimum atomic E-state index is -0.926. The topological polar surface area (TPSA) is 14.8 Å². The molecule has 0 spiro atoms. The minimum absolute atomic E-state index is 0.163. The van der Waals surface area contributed by atoms with Crippen molar-refractivity contribution in [3.63, 3.8) is 0 Å². The molecule has 0 radical (unpaired) electrons. The van der Waals surface area contributed by atoms with E-state index >= 15 is 0 Å². The lowest BCUT2D eigenvalue weighted by Gasteiger charge is -2.18. The fraction of sp³-hybridized carbons (Fsp3) is 0. The number of fused-ring (bicyclic) bond motifs is 9. The molecule has 0 fully saturated rings. The van der Waals surface area contributed by atoms with Crippen LogP contribution in [0.3, 0.4) is 0 Å². The summed E-state index contributed by atoms with van der Waals surface area (Å²) in [5.74, 6) is 0. The number of rotatable bonds is 5. The number of aromatic nitrogens is 3. The lowest BCUT2D eigenvalue weighted by Crippen LogP contribution is -2.03. The van der Waals surface area contributed by atoms with Gasteiger partial charge >= 0.3 is 0 Å². The average Bonchev–Trinajstić information content (AvgIpc) is 3.20. The molecule has 266 valence electrons. The summed E-state index contributed by atoms with van der Waals surface area (Å²) in [4.78, 5) is 0. The number of para-hydroxylation sites is 6. The zero-order chi connectivity index (χ0) is 56.6. The second-order valence-corrected chi connectivity index (χ2v) is 13.3. The molecule has 9 aromatic carbocycles. The smallest absolute Gasteiger partial charge is 0.0783 e. The first-order chi connectivity index (χ1) is 37.5. The van der Waals surface area contributed by atoms with Crippen molar-refractivity contribution in [2.75, 3.05) is 0 Å². The fourth-order valence-corrected chi connectivity index (χ4v) is 7.89. The number of hydrogen-bond donors (Lipinski definition) is 0. The SMILES string of the molecule is [2H]c1c([2H])c([2H])c2c(c1[2H])c1c([2H])c([2H])c([2H])c(-n3c4c([2H])c([2H])c([2H])c([2H])c4c4c([2H])c([2H])c([2H])c(-n5c6c([2H])c([2H])c([2H])c([2H])c6c6c([2H])c([2H])c([2H])c([2H])c65)c43)c1n2-c1cc(-c2ccccc2)cc(-c2ccccc2)c1. The lowest BCUT2D eigenvalue weighted by atomic mass is 9.98. The maximum Gasteiger partial charge on any atom is 0.0783 e. The normalized spacial score (nSPS) is 17.3. The van der Waals surface area contributed by atoms with Gasteiger partial charge in [0.2, 0.25) is 0 Å². The van der Waals surface area contributed by atoms with E-state index in [-0.39, 0.29) is 27.5 Å². The Bertz CT molecular complexity index is 4660. The van der Waals surface area contributed by atoms with Crippen LogP contribution in [0.4, 0.5) is 0 Å². The van der Waals surface area contributed by atoms with Crippen LogP contribution in [-0.4, -0.2) is 13.7 Å². The maximum atomic E-state index is 10.1. The molecule has 0 aliphatic heterocycles. The molecule has 3 heterocycles. The molecular formula is C54H35N3. The van der Waals surface area contributed by atoms with Crippen LogP contribution in [0.25, 0.3) is 105 Å². The van der Waals surface area contributed by atoms with E-state index in [1.807, 2.05) is 66.7 Å². The van der Waals surface area contributed by atoms with E-state index in [4.69, 9.17) is 11.0 Å². The Kier molecular flexibility index (Phi) is 3.72. The number of nitrogens with zero attached hydrogens (tertiary/aromatic N) is 3.